The van der Waals surface area contributed by atoms with E-state index in [1.54, 1.807) is 32.4 Å². The zero-order valence-electron chi connectivity index (χ0n) is 6.61. The molecule has 0 aromatic carbocycles. The first kappa shape index (κ1) is 8.01. The molecule has 0 radical (unpaired) electrons. The second-order valence-electron chi connectivity index (χ2n) is 2.30. The molecular formula is C8H11NO2. The number of hydrogen-bond acceptors (Lipinski definition) is 3. The van der Waals surface area contributed by atoms with Crippen LogP contribution in [0.3, 0.4) is 0 Å². The molecule has 1 rings (SSSR count). The van der Waals surface area contributed by atoms with E-state index >= 15 is 0 Å². The zero-order valence-corrected chi connectivity index (χ0v) is 6.61. The van der Waals surface area contributed by atoms with Crippen LogP contribution in [0.15, 0.2) is 18.3 Å². The van der Waals surface area contributed by atoms with Gasteiger partial charge in [0.2, 0.25) is 0 Å². The topological polar surface area (TPSA) is 42.4 Å². The van der Waals surface area contributed by atoms with Crippen molar-refractivity contribution in [2.24, 2.45) is 0 Å². The molecule has 0 amide bonds. The summed E-state index contributed by atoms with van der Waals surface area (Å²) in [5, 5.41) is 9.08. The average Bonchev–Trinajstić information content (AvgIpc) is 2.05. The Morgan fingerprint density at radius 2 is 2.27 bits per heavy atom. The second kappa shape index (κ2) is 3.34. The van der Waals surface area contributed by atoms with Crippen molar-refractivity contribution in [3.63, 3.8) is 0 Å². The fraction of sp³-hybridized carbons (Fsp3) is 0.375. The van der Waals surface area contributed by atoms with Crippen LogP contribution in [0.25, 0.3) is 0 Å². The molecule has 0 unspecified atom stereocenters. The Morgan fingerprint density at radius 3 is 2.64 bits per heavy atom. The fourth-order valence-electron chi connectivity index (χ4n) is 0.760. The summed E-state index contributed by atoms with van der Waals surface area (Å²) < 4.78 is 4.90. The lowest BCUT2D eigenvalue weighted by Crippen LogP contribution is -1.94. The zero-order chi connectivity index (χ0) is 8.27. The second-order valence-corrected chi connectivity index (χ2v) is 2.30. The highest BCUT2D eigenvalue weighted by molar-refractivity contribution is 5.20. The highest BCUT2D eigenvalue weighted by atomic mass is 16.5. The van der Waals surface area contributed by atoms with Gasteiger partial charge in [-0.05, 0) is 19.1 Å². The standard InChI is InChI=1S/C8H11NO2/c1-6(10)8-4-3-7(11-2)5-9-8/h3-6,10H,1-2H3/t6-/m1/s1. The van der Waals surface area contributed by atoms with Crippen molar-refractivity contribution in [2.45, 2.75) is 13.0 Å². The van der Waals surface area contributed by atoms with Crippen LogP contribution in [-0.2, 0) is 0 Å². The smallest absolute Gasteiger partial charge is 0.137 e. The molecule has 1 heterocycles. The van der Waals surface area contributed by atoms with Crippen molar-refractivity contribution >= 4 is 0 Å². The van der Waals surface area contributed by atoms with Gasteiger partial charge in [0.15, 0.2) is 0 Å². The Balaban J connectivity index is 2.83. The molecule has 0 saturated carbocycles. The molecule has 0 spiro atoms. The van der Waals surface area contributed by atoms with Gasteiger partial charge >= 0.3 is 0 Å². The lowest BCUT2D eigenvalue weighted by molar-refractivity contribution is 0.194. The molecule has 1 N–H and O–H groups in total. The molecule has 0 aliphatic heterocycles. The van der Waals surface area contributed by atoms with E-state index in [0.717, 1.165) is 0 Å². The summed E-state index contributed by atoms with van der Waals surface area (Å²) in [5.41, 5.74) is 0.658. The Hall–Kier alpha value is -1.09. The van der Waals surface area contributed by atoms with Gasteiger partial charge in [-0.3, -0.25) is 4.98 Å². The van der Waals surface area contributed by atoms with E-state index in [9.17, 15) is 0 Å². The quantitative estimate of drug-likeness (QED) is 0.692. The largest absolute Gasteiger partial charge is 0.495 e. The van der Waals surface area contributed by atoms with Crippen molar-refractivity contribution in [1.82, 2.24) is 4.98 Å². The monoisotopic (exact) mass is 153 g/mol. The minimum Gasteiger partial charge on any atom is -0.495 e. The predicted molar refractivity (Wildman–Crippen MR) is 41.4 cm³/mol. The summed E-state index contributed by atoms with van der Waals surface area (Å²) in [5.74, 6) is 0.703. The van der Waals surface area contributed by atoms with E-state index in [2.05, 4.69) is 4.98 Å². The van der Waals surface area contributed by atoms with Gasteiger partial charge < -0.3 is 9.84 Å². The van der Waals surface area contributed by atoms with Crippen molar-refractivity contribution < 1.29 is 9.84 Å². The van der Waals surface area contributed by atoms with Crippen LogP contribution in [0, 0.1) is 0 Å². The summed E-state index contributed by atoms with van der Waals surface area (Å²) in [6.45, 7) is 1.68. The van der Waals surface area contributed by atoms with E-state index in [0.29, 0.717) is 11.4 Å². The van der Waals surface area contributed by atoms with Crippen LogP contribution in [0.1, 0.15) is 18.7 Å². The Labute approximate surface area is 65.7 Å². The van der Waals surface area contributed by atoms with Crippen molar-refractivity contribution in [1.29, 1.82) is 0 Å². The van der Waals surface area contributed by atoms with E-state index in [1.807, 2.05) is 0 Å². The van der Waals surface area contributed by atoms with Crippen LogP contribution < -0.4 is 4.74 Å². The molecule has 0 aliphatic rings. The highest BCUT2D eigenvalue weighted by Crippen LogP contribution is 2.12. The molecule has 11 heavy (non-hydrogen) atoms. The Morgan fingerprint density at radius 1 is 1.55 bits per heavy atom. The fourth-order valence-corrected chi connectivity index (χ4v) is 0.760. The number of hydrogen-bond donors (Lipinski definition) is 1. The molecule has 3 heteroatoms. The molecular weight excluding hydrogens is 142 g/mol. The lowest BCUT2D eigenvalue weighted by Gasteiger charge is -2.03. The molecule has 0 saturated heterocycles. The average molecular weight is 153 g/mol. The van der Waals surface area contributed by atoms with E-state index in [4.69, 9.17) is 9.84 Å². The molecule has 3 nitrogen and oxygen atoms in total. The van der Waals surface area contributed by atoms with Crippen LogP contribution in [0.2, 0.25) is 0 Å². The van der Waals surface area contributed by atoms with Crippen LogP contribution in [0.5, 0.6) is 5.75 Å². The van der Waals surface area contributed by atoms with Crippen molar-refractivity contribution in [3.8, 4) is 5.75 Å². The third-order valence-electron chi connectivity index (χ3n) is 1.42. The van der Waals surface area contributed by atoms with Gasteiger partial charge in [-0.25, -0.2) is 0 Å². The molecule has 0 fully saturated rings. The van der Waals surface area contributed by atoms with E-state index < -0.39 is 6.10 Å². The van der Waals surface area contributed by atoms with Crippen molar-refractivity contribution in [2.75, 3.05) is 7.11 Å². The molecule has 0 aliphatic carbocycles. The number of methoxy groups -OCH3 is 1. The van der Waals surface area contributed by atoms with E-state index in [-0.39, 0.29) is 0 Å². The van der Waals surface area contributed by atoms with Gasteiger partial charge in [-0.15, -0.1) is 0 Å². The number of pyridine rings is 1. The molecule has 60 valence electrons. The molecule has 1 atom stereocenters. The van der Waals surface area contributed by atoms with Gasteiger partial charge in [0.1, 0.15) is 5.75 Å². The number of aromatic nitrogens is 1. The maximum absolute atomic E-state index is 9.08. The predicted octanol–water partition coefficient (Wildman–Crippen LogP) is 1.14. The normalized spacial score (nSPS) is 12.6. The number of ether oxygens (including phenoxy) is 1. The van der Waals surface area contributed by atoms with Crippen LogP contribution in [0.4, 0.5) is 0 Å². The summed E-state index contributed by atoms with van der Waals surface area (Å²) in [4.78, 5) is 3.97. The number of aliphatic hydroxyl groups is 1. The Bertz CT molecular complexity index is 218. The SMILES string of the molecule is COc1ccc([C@@H](C)O)nc1. The van der Waals surface area contributed by atoms with Gasteiger partial charge in [0.25, 0.3) is 0 Å². The lowest BCUT2D eigenvalue weighted by atomic mass is 10.2. The summed E-state index contributed by atoms with van der Waals surface area (Å²) in [6, 6.07) is 3.51. The number of nitrogens with zero attached hydrogens (tertiary/aromatic N) is 1. The van der Waals surface area contributed by atoms with E-state index in [1.165, 1.54) is 0 Å². The first-order chi connectivity index (χ1) is 5.24. The van der Waals surface area contributed by atoms with Gasteiger partial charge in [0, 0.05) is 0 Å². The minimum absolute atomic E-state index is 0.513. The molecule has 1 aromatic rings. The van der Waals surface area contributed by atoms with Crippen LogP contribution in [-0.4, -0.2) is 17.2 Å². The van der Waals surface area contributed by atoms with Gasteiger partial charge in [0.05, 0.1) is 25.1 Å². The summed E-state index contributed by atoms with van der Waals surface area (Å²) >= 11 is 0. The Kier molecular flexibility index (Phi) is 2.44. The van der Waals surface area contributed by atoms with Gasteiger partial charge in [-0.2, -0.15) is 0 Å². The van der Waals surface area contributed by atoms with Gasteiger partial charge in [-0.1, -0.05) is 0 Å². The first-order valence-corrected chi connectivity index (χ1v) is 3.42. The number of rotatable bonds is 2. The third kappa shape index (κ3) is 1.91. The minimum atomic E-state index is -0.513. The van der Waals surface area contributed by atoms with Crippen LogP contribution >= 0.6 is 0 Å². The maximum atomic E-state index is 9.08. The number of aliphatic hydroxyl groups excluding tert-OH is 1. The summed E-state index contributed by atoms with van der Waals surface area (Å²) in [6.07, 6.45) is 1.07. The third-order valence-corrected chi connectivity index (χ3v) is 1.42. The molecule has 1 aromatic heterocycles. The van der Waals surface area contributed by atoms with Crippen molar-refractivity contribution in [3.05, 3.63) is 24.0 Å². The maximum Gasteiger partial charge on any atom is 0.137 e. The first-order valence-electron chi connectivity index (χ1n) is 3.42. The molecule has 0 bridgehead atoms. The summed E-state index contributed by atoms with van der Waals surface area (Å²) in [7, 11) is 1.58. The highest BCUT2D eigenvalue weighted by Gasteiger charge is 2.00.